The molecule has 1 aromatic heterocycles. The summed E-state index contributed by atoms with van der Waals surface area (Å²) in [6.07, 6.45) is 0.503. The predicted octanol–water partition coefficient (Wildman–Crippen LogP) is 2.95. The van der Waals surface area contributed by atoms with Crippen molar-refractivity contribution in [3.05, 3.63) is 51.7 Å². The maximum Gasteiger partial charge on any atom is 0.260 e. The Kier molecular flexibility index (Phi) is 5.92. The molecule has 1 aliphatic rings. The van der Waals surface area contributed by atoms with Crippen molar-refractivity contribution in [2.24, 2.45) is 0 Å². The van der Waals surface area contributed by atoms with Crippen LogP contribution >= 0.6 is 11.3 Å². The van der Waals surface area contributed by atoms with Crippen molar-refractivity contribution < 1.29 is 9.53 Å². The first-order valence-corrected chi connectivity index (χ1v) is 9.68. The molecule has 1 aliphatic heterocycles. The number of rotatable bonds is 6. The van der Waals surface area contributed by atoms with Gasteiger partial charge in [0, 0.05) is 30.6 Å². The molecule has 2 atom stereocenters. The van der Waals surface area contributed by atoms with Gasteiger partial charge in [0.05, 0.1) is 11.6 Å². The normalized spacial score (nSPS) is 16.2. The largest absolute Gasteiger partial charge is 0.481 e. The predicted molar refractivity (Wildman–Crippen MR) is 102 cm³/mol. The first kappa shape index (κ1) is 18.4. The second kappa shape index (κ2) is 8.35. The highest BCUT2D eigenvalue weighted by molar-refractivity contribution is 7.10. The van der Waals surface area contributed by atoms with Crippen LogP contribution in [0, 0.1) is 11.3 Å². The smallest absolute Gasteiger partial charge is 0.260 e. The average Bonchev–Trinajstić information content (AvgIpc) is 3.14. The minimum absolute atomic E-state index is 0.130. The lowest BCUT2D eigenvalue weighted by molar-refractivity contribution is -0.127. The molecular formula is C20H23N3O2S. The van der Waals surface area contributed by atoms with Crippen molar-refractivity contribution in [2.45, 2.75) is 39.0 Å². The van der Waals surface area contributed by atoms with E-state index in [1.54, 1.807) is 31.2 Å². The fourth-order valence-electron chi connectivity index (χ4n) is 3.03. The van der Waals surface area contributed by atoms with Gasteiger partial charge in [-0.1, -0.05) is 0 Å². The fraction of sp³-hybridized carbons (Fsp3) is 0.400. The molecule has 0 radical (unpaired) electrons. The lowest BCUT2D eigenvalue weighted by atomic mass is 10.1. The van der Waals surface area contributed by atoms with Crippen molar-refractivity contribution in [2.75, 3.05) is 13.1 Å². The number of nitrogens with zero attached hydrogens (tertiary/aromatic N) is 2. The van der Waals surface area contributed by atoms with Crippen LogP contribution in [0.5, 0.6) is 5.75 Å². The van der Waals surface area contributed by atoms with Crippen molar-refractivity contribution in [3.63, 3.8) is 0 Å². The monoisotopic (exact) mass is 369 g/mol. The van der Waals surface area contributed by atoms with Crippen LogP contribution in [0.1, 0.15) is 29.9 Å². The van der Waals surface area contributed by atoms with Crippen molar-refractivity contribution in [1.82, 2.24) is 10.2 Å². The van der Waals surface area contributed by atoms with Crippen LogP contribution in [0.3, 0.4) is 0 Å². The number of hydrogen-bond acceptors (Lipinski definition) is 5. The summed E-state index contributed by atoms with van der Waals surface area (Å²) < 4.78 is 5.66. The average molecular weight is 369 g/mol. The number of nitriles is 1. The molecule has 26 heavy (non-hydrogen) atoms. The van der Waals surface area contributed by atoms with Gasteiger partial charge in [-0.2, -0.15) is 5.26 Å². The Labute approximate surface area is 158 Å². The first-order chi connectivity index (χ1) is 12.6. The summed E-state index contributed by atoms with van der Waals surface area (Å²) in [5.41, 5.74) is 1.98. The summed E-state index contributed by atoms with van der Waals surface area (Å²) >= 11 is 1.83. The van der Waals surface area contributed by atoms with E-state index < -0.39 is 6.10 Å². The van der Waals surface area contributed by atoms with E-state index in [-0.39, 0.29) is 11.9 Å². The molecule has 1 N–H and O–H groups in total. The number of amides is 1. The van der Waals surface area contributed by atoms with E-state index in [9.17, 15) is 4.79 Å². The van der Waals surface area contributed by atoms with E-state index in [0.29, 0.717) is 17.9 Å². The van der Waals surface area contributed by atoms with Crippen LogP contribution in [0.2, 0.25) is 0 Å². The molecule has 3 rings (SSSR count). The standard InChI is InChI=1S/C20H23N3O2S/c1-14(23-9-7-19-17(13-23)8-10-26-19)12-22-20(24)15(2)25-18-5-3-16(11-21)4-6-18/h3-6,8,10,14-15H,7,9,12-13H2,1-2H3,(H,22,24). The zero-order valence-corrected chi connectivity index (χ0v) is 15.9. The topological polar surface area (TPSA) is 65.4 Å². The van der Waals surface area contributed by atoms with E-state index in [4.69, 9.17) is 10.00 Å². The molecular weight excluding hydrogens is 346 g/mol. The number of nitrogens with one attached hydrogen (secondary N) is 1. The Balaban J connectivity index is 1.46. The molecule has 0 bridgehead atoms. The minimum atomic E-state index is -0.583. The van der Waals surface area contributed by atoms with Crippen LogP contribution in [0.15, 0.2) is 35.7 Å². The van der Waals surface area contributed by atoms with Gasteiger partial charge >= 0.3 is 0 Å². The zero-order chi connectivity index (χ0) is 18.5. The fourth-order valence-corrected chi connectivity index (χ4v) is 3.92. The molecule has 6 heteroatoms. The quantitative estimate of drug-likeness (QED) is 0.850. The number of fused-ring (bicyclic) bond motifs is 1. The van der Waals surface area contributed by atoms with E-state index in [1.165, 1.54) is 10.4 Å². The van der Waals surface area contributed by atoms with Crippen LogP contribution in [0.4, 0.5) is 0 Å². The Morgan fingerprint density at radius 3 is 2.85 bits per heavy atom. The second-order valence-corrected chi connectivity index (χ2v) is 7.58. The third-order valence-electron chi connectivity index (χ3n) is 4.70. The lowest BCUT2D eigenvalue weighted by Gasteiger charge is -2.32. The van der Waals surface area contributed by atoms with Gasteiger partial charge in [0.2, 0.25) is 0 Å². The lowest BCUT2D eigenvalue weighted by Crippen LogP contribution is -2.46. The molecule has 2 aromatic rings. The highest BCUT2D eigenvalue weighted by Crippen LogP contribution is 2.25. The Morgan fingerprint density at radius 2 is 2.12 bits per heavy atom. The molecule has 0 saturated heterocycles. The summed E-state index contributed by atoms with van der Waals surface area (Å²) in [4.78, 5) is 16.2. The van der Waals surface area contributed by atoms with Gasteiger partial charge in [-0.25, -0.2) is 0 Å². The maximum absolute atomic E-state index is 12.3. The van der Waals surface area contributed by atoms with Crippen molar-refractivity contribution >= 4 is 17.2 Å². The van der Waals surface area contributed by atoms with Gasteiger partial charge in [-0.05, 0) is 61.5 Å². The summed E-state index contributed by atoms with van der Waals surface area (Å²) in [6, 6.07) is 11.3. The van der Waals surface area contributed by atoms with Gasteiger partial charge in [0.15, 0.2) is 6.10 Å². The van der Waals surface area contributed by atoms with Crippen molar-refractivity contribution in [1.29, 1.82) is 5.26 Å². The molecule has 0 saturated carbocycles. The van der Waals surface area contributed by atoms with Gasteiger partial charge in [-0.3, -0.25) is 9.69 Å². The molecule has 2 unspecified atom stereocenters. The van der Waals surface area contributed by atoms with Gasteiger partial charge in [0.25, 0.3) is 5.91 Å². The third-order valence-corrected chi connectivity index (χ3v) is 5.72. The van der Waals surface area contributed by atoms with Crippen molar-refractivity contribution in [3.8, 4) is 11.8 Å². The highest BCUT2D eigenvalue weighted by Gasteiger charge is 2.22. The highest BCUT2D eigenvalue weighted by atomic mass is 32.1. The summed E-state index contributed by atoms with van der Waals surface area (Å²) in [5, 5.41) is 14.0. The van der Waals surface area contributed by atoms with Gasteiger partial charge in [-0.15, -0.1) is 11.3 Å². The minimum Gasteiger partial charge on any atom is -0.481 e. The Morgan fingerprint density at radius 1 is 1.35 bits per heavy atom. The van der Waals surface area contributed by atoms with E-state index in [1.807, 2.05) is 11.3 Å². The van der Waals surface area contributed by atoms with Crippen LogP contribution in [0.25, 0.3) is 0 Å². The molecule has 2 heterocycles. The SMILES string of the molecule is CC(Oc1ccc(C#N)cc1)C(=O)NCC(C)N1CCc2sccc2C1. The molecule has 136 valence electrons. The molecule has 1 amide bonds. The number of benzene rings is 1. The molecule has 0 fully saturated rings. The van der Waals surface area contributed by atoms with E-state index in [0.717, 1.165) is 19.5 Å². The third kappa shape index (κ3) is 4.43. The number of thiophene rings is 1. The van der Waals surface area contributed by atoms with Gasteiger partial charge < -0.3 is 10.1 Å². The summed E-state index contributed by atoms with van der Waals surface area (Å²) in [6.45, 7) is 6.45. The summed E-state index contributed by atoms with van der Waals surface area (Å²) in [7, 11) is 0. The molecule has 0 spiro atoms. The maximum atomic E-state index is 12.3. The zero-order valence-electron chi connectivity index (χ0n) is 15.1. The van der Waals surface area contributed by atoms with E-state index >= 15 is 0 Å². The van der Waals surface area contributed by atoms with Crippen LogP contribution in [-0.2, 0) is 17.8 Å². The van der Waals surface area contributed by atoms with Gasteiger partial charge in [0.1, 0.15) is 5.75 Å². The number of ether oxygens (including phenoxy) is 1. The molecule has 1 aromatic carbocycles. The molecule has 5 nitrogen and oxygen atoms in total. The number of carbonyl (C=O) groups excluding carboxylic acids is 1. The van der Waals surface area contributed by atoms with Crippen LogP contribution in [-0.4, -0.2) is 36.0 Å². The van der Waals surface area contributed by atoms with Crippen LogP contribution < -0.4 is 10.1 Å². The summed E-state index contributed by atoms with van der Waals surface area (Å²) in [5.74, 6) is 0.454. The van der Waals surface area contributed by atoms with E-state index in [2.05, 4.69) is 34.7 Å². The molecule has 0 aliphatic carbocycles. The first-order valence-electron chi connectivity index (χ1n) is 8.80. The number of hydrogen-bond donors (Lipinski definition) is 1. The Bertz CT molecular complexity index is 794. The Hall–Kier alpha value is -2.36. The number of carbonyl (C=O) groups is 1. The second-order valence-electron chi connectivity index (χ2n) is 6.58.